The fourth-order valence-electron chi connectivity index (χ4n) is 3.04. The van der Waals surface area contributed by atoms with Gasteiger partial charge in [0.2, 0.25) is 0 Å². The minimum absolute atomic E-state index is 0.0124. The Bertz CT molecular complexity index is 876. The van der Waals surface area contributed by atoms with E-state index in [2.05, 4.69) is 41.7 Å². The van der Waals surface area contributed by atoms with Crippen LogP contribution in [0.15, 0.2) is 78.9 Å². The van der Waals surface area contributed by atoms with Crippen LogP contribution in [0.5, 0.6) is 5.75 Å². The van der Waals surface area contributed by atoms with Crippen LogP contribution in [-0.2, 0) is 11.3 Å². The van der Waals surface area contributed by atoms with E-state index in [9.17, 15) is 4.79 Å². The maximum Gasteiger partial charge on any atom is 0.279 e. The second kappa shape index (κ2) is 9.01. The largest absolute Gasteiger partial charge is 0.497 e. The predicted molar refractivity (Wildman–Crippen MR) is 109 cm³/mol. The van der Waals surface area contributed by atoms with Gasteiger partial charge in [-0.05, 0) is 23.3 Å². The van der Waals surface area contributed by atoms with Crippen LogP contribution in [0, 0.1) is 0 Å². The molecule has 3 aromatic rings. The van der Waals surface area contributed by atoms with E-state index in [-0.39, 0.29) is 5.91 Å². The highest BCUT2D eigenvalue weighted by Gasteiger charge is 2.11. The lowest BCUT2D eigenvalue weighted by atomic mass is 10.0. The fourth-order valence-corrected chi connectivity index (χ4v) is 3.04. The van der Waals surface area contributed by atoms with Gasteiger partial charge >= 0.3 is 0 Å². The zero-order valence-electron chi connectivity index (χ0n) is 15.7. The van der Waals surface area contributed by atoms with Gasteiger partial charge in [-0.25, -0.2) is 0 Å². The number of carbonyl (C=O) groups excluding carboxylic acids is 1. The van der Waals surface area contributed by atoms with Crippen molar-refractivity contribution in [3.63, 3.8) is 0 Å². The number of hydrogen-bond donors (Lipinski definition) is 2. The summed E-state index contributed by atoms with van der Waals surface area (Å²) in [6.07, 6.45) is 0. The van der Waals surface area contributed by atoms with E-state index in [0.29, 0.717) is 6.54 Å². The standard InChI is InChI=1S/C23H24N2O2/c1-25(17-23(26)24-21-9-6-10-22(15-21)27-2)16-18-11-13-20(14-12-18)19-7-4-3-5-8-19/h3-15H,16-17H2,1-2H3,(H,24,26)/p+1. The van der Waals surface area contributed by atoms with Crippen LogP contribution in [0.4, 0.5) is 5.69 Å². The smallest absolute Gasteiger partial charge is 0.279 e. The minimum atomic E-state index is -0.0124. The molecular weight excluding hydrogens is 336 g/mol. The maximum atomic E-state index is 12.3. The molecule has 0 spiro atoms. The summed E-state index contributed by atoms with van der Waals surface area (Å²) in [5.74, 6) is 0.716. The van der Waals surface area contributed by atoms with Crippen molar-refractivity contribution in [2.45, 2.75) is 6.54 Å². The molecule has 1 amide bonds. The number of anilines is 1. The highest BCUT2D eigenvalue weighted by molar-refractivity contribution is 5.91. The molecule has 0 saturated heterocycles. The molecule has 0 radical (unpaired) electrons. The number of amides is 1. The minimum Gasteiger partial charge on any atom is -0.497 e. The number of carbonyl (C=O) groups is 1. The van der Waals surface area contributed by atoms with Crippen LogP contribution in [0.3, 0.4) is 0 Å². The Hall–Kier alpha value is -3.11. The third-order valence-corrected chi connectivity index (χ3v) is 4.38. The highest BCUT2D eigenvalue weighted by Crippen LogP contribution is 2.19. The Balaban J connectivity index is 1.54. The molecule has 0 aliphatic carbocycles. The molecule has 1 unspecified atom stereocenters. The first-order valence-corrected chi connectivity index (χ1v) is 9.03. The average molecular weight is 361 g/mol. The van der Waals surface area contributed by atoms with Gasteiger partial charge in [0.15, 0.2) is 6.54 Å². The Kier molecular flexibility index (Phi) is 6.23. The molecule has 0 aliphatic rings. The van der Waals surface area contributed by atoms with Crippen molar-refractivity contribution in [3.05, 3.63) is 84.4 Å². The van der Waals surface area contributed by atoms with Crippen LogP contribution < -0.4 is 15.0 Å². The Morgan fingerprint density at radius 3 is 2.33 bits per heavy atom. The van der Waals surface area contributed by atoms with Crippen molar-refractivity contribution in [2.75, 3.05) is 26.0 Å². The zero-order valence-corrected chi connectivity index (χ0v) is 15.7. The number of methoxy groups -OCH3 is 1. The summed E-state index contributed by atoms with van der Waals surface area (Å²) >= 11 is 0. The second-order valence-corrected chi connectivity index (χ2v) is 6.65. The molecule has 0 bridgehead atoms. The van der Waals surface area contributed by atoms with Crippen molar-refractivity contribution in [1.82, 2.24) is 0 Å². The van der Waals surface area contributed by atoms with E-state index in [1.54, 1.807) is 7.11 Å². The van der Waals surface area contributed by atoms with Gasteiger partial charge in [0.1, 0.15) is 12.3 Å². The lowest BCUT2D eigenvalue weighted by molar-refractivity contribution is -0.885. The van der Waals surface area contributed by atoms with Crippen molar-refractivity contribution in [2.24, 2.45) is 0 Å². The molecule has 0 aliphatic heterocycles. The van der Waals surface area contributed by atoms with Crippen molar-refractivity contribution < 1.29 is 14.4 Å². The molecule has 0 aromatic heterocycles. The van der Waals surface area contributed by atoms with Crippen LogP contribution in [0.1, 0.15) is 5.56 Å². The Labute approximate surface area is 160 Å². The van der Waals surface area contributed by atoms with E-state index >= 15 is 0 Å². The first-order chi connectivity index (χ1) is 13.1. The van der Waals surface area contributed by atoms with Crippen LogP contribution in [-0.4, -0.2) is 26.6 Å². The normalized spacial score (nSPS) is 11.6. The number of hydrogen-bond acceptors (Lipinski definition) is 2. The molecule has 3 rings (SSSR count). The number of ether oxygens (including phenoxy) is 1. The molecule has 4 heteroatoms. The molecule has 1 atom stereocenters. The molecule has 4 nitrogen and oxygen atoms in total. The molecule has 0 saturated carbocycles. The molecule has 138 valence electrons. The summed E-state index contributed by atoms with van der Waals surface area (Å²) in [5, 5.41) is 2.92. The number of nitrogens with one attached hydrogen (secondary N) is 2. The monoisotopic (exact) mass is 361 g/mol. The van der Waals surface area contributed by atoms with Crippen LogP contribution in [0.25, 0.3) is 11.1 Å². The SMILES string of the molecule is COc1cccc(NC(=O)C[NH+](C)Cc2ccc(-c3ccccc3)cc2)c1. The molecule has 27 heavy (non-hydrogen) atoms. The van der Waals surface area contributed by atoms with Gasteiger partial charge in [-0.15, -0.1) is 0 Å². The van der Waals surface area contributed by atoms with Crippen LogP contribution >= 0.6 is 0 Å². The van der Waals surface area contributed by atoms with Gasteiger partial charge in [-0.3, -0.25) is 4.79 Å². The first kappa shape index (κ1) is 18.7. The summed E-state index contributed by atoms with van der Waals surface area (Å²) in [7, 11) is 3.64. The zero-order chi connectivity index (χ0) is 19.1. The number of rotatable bonds is 7. The van der Waals surface area contributed by atoms with Gasteiger partial charge in [-0.2, -0.15) is 0 Å². The predicted octanol–water partition coefficient (Wildman–Crippen LogP) is 3.02. The van der Waals surface area contributed by atoms with Crippen molar-refractivity contribution >= 4 is 11.6 Å². The number of likely N-dealkylation sites (N-methyl/N-ethyl adjacent to an activating group) is 1. The molecule has 0 heterocycles. The van der Waals surface area contributed by atoms with Gasteiger partial charge in [-0.1, -0.05) is 60.7 Å². The van der Waals surface area contributed by atoms with Crippen LogP contribution in [0.2, 0.25) is 0 Å². The lowest BCUT2D eigenvalue weighted by Crippen LogP contribution is -3.08. The highest BCUT2D eigenvalue weighted by atomic mass is 16.5. The Morgan fingerprint density at radius 2 is 1.63 bits per heavy atom. The molecule has 0 fully saturated rings. The van der Waals surface area contributed by atoms with Crippen molar-refractivity contribution in [3.8, 4) is 16.9 Å². The average Bonchev–Trinajstić information content (AvgIpc) is 2.69. The number of benzene rings is 3. The summed E-state index contributed by atoms with van der Waals surface area (Å²) < 4.78 is 5.18. The summed E-state index contributed by atoms with van der Waals surface area (Å²) in [6, 6.07) is 26.2. The summed E-state index contributed by atoms with van der Waals surface area (Å²) in [4.78, 5) is 13.4. The lowest BCUT2D eigenvalue weighted by Gasteiger charge is -2.14. The van der Waals surface area contributed by atoms with Gasteiger partial charge in [0.25, 0.3) is 5.91 Å². The van der Waals surface area contributed by atoms with E-state index in [1.807, 2.05) is 49.5 Å². The number of quaternary nitrogens is 1. The first-order valence-electron chi connectivity index (χ1n) is 9.03. The second-order valence-electron chi connectivity index (χ2n) is 6.65. The fraction of sp³-hybridized carbons (Fsp3) is 0.174. The van der Waals surface area contributed by atoms with Gasteiger partial charge < -0.3 is 15.0 Å². The van der Waals surface area contributed by atoms with E-state index in [0.717, 1.165) is 22.9 Å². The quantitative estimate of drug-likeness (QED) is 0.679. The maximum absolute atomic E-state index is 12.3. The van der Waals surface area contributed by atoms with E-state index in [1.165, 1.54) is 16.7 Å². The van der Waals surface area contributed by atoms with Crippen molar-refractivity contribution in [1.29, 1.82) is 0 Å². The van der Waals surface area contributed by atoms with E-state index in [4.69, 9.17) is 4.74 Å². The van der Waals surface area contributed by atoms with E-state index < -0.39 is 0 Å². The summed E-state index contributed by atoms with van der Waals surface area (Å²) in [5.41, 5.74) is 4.37. The molecular formula is C23H25N2O2+. The van der Waals surface area contributed by atoms with Gasteiger partial charge in [0, 0.05) is 17.3 Å². The third-order valence-electron chi connectivity index (χ3n) is 4.38. The molecule has 2 N–H and O–H groups in total. The molecule has 3 aromatic carbocycles. The topological polar surface area (TPSA) is 42.8 Å². The summed E-state index contributed by atoms with van der Waals surface area (Å²) in [6.45, 7) is 1.19. The third kappa shape index (κ3) is 5.43. The Morgan fingerprint density at radius 1 is 0.926 bits per heavy atom. The van der Waals surface area contributed by atoms with Gasteiger partial charge in [0.05, 0.1) is 14.2 Å².